The summed E-state index contributed by atoms with van der Waals surface area (Å²) < 4.78 is 0. The van der Waals surface area contributed by atoms with E-state index in [4.69, 9.17) is 0 Å². The first kappa shape index (κ1) is 15.3. The number of hydrogen-bond acceptors (Lipinski definition) is 2. The molecule has 1 aromatic carbocycles. The third kappa shape index (κ3) is 2.63. The van der Waals surface area contributed by atoms with Gasteiger partial charge in [0.25, 0.3) is 5.91 Å². The number of aromatic amines is 1. The normalized spacial score (nSPS) is 17.1. The summed E-state index contributed by atoms with van der Waals surface area (Å²) in [6.07, 6.45) is 2.25. The minimum absolute atomic E-state index is 0.0816. The van der Waals surface area contributed by atoms with E-state index < -0.39 is 0 Å². The summed E-state index contributed by atoms with van der Waals surface area (Å²) in [6, 6.07) is 9.43. The van der Waals surface area contributed by atoms with E-state index in [1.54, 1.807) is 30.3 Å². The number of H-pyrrole nitrogens is 1. The van der Waals surface area contributed by atoms with Crippen LogP contribution in [-0.4, -0.2) is 30.4 Å². The number of fused-ring (bicyclic) bond motifs is 1. The Bertz CT molecular complexity index is 737. The predicted molar refractivity (Wildman–Crippen MR) is 91.0 cm³/mol. The van der Waals surface area contributed by atoms with E-state index in [9.17, 15) is 9.59 Å². The maximum Gasteiger partial charge on any atom is 0.274 e. The van der Waals surface area contributed by atoms with Crippen molar-refractivity contribution < 1.29 is 9.59 Å². The van der Waals surface area contributed by atoms with Crippen molar-refractivity contribution in [2.24, 2.45) is 0 Å². The van der Waals surface area contributed by atoms with E-state index in [0.717, 1.165) is 16.9 Å². The molecule has 0 saturated heterocycles. The average Bonchev–Trinajstić information content (AvgIpc) is 3.08. The zero-order valence-corrected chi connectivity index (χ0v) is 13.7. The molecule has 23 heavy (non-hydrogen) atoms. The first-order valence-electron chi connectivity index (χ1n) is 7.88. The lowest BCUT2D eigenvalue weighted by molar-refractivity contribution is -0.119. The summed E-state index contributed by atoms with van der Waals surface area (Å²) in [4.78, 5) is 31.0. The number of nitrogens with zero attached hydrogens (tertiary/aromatic N) is 2. The first-order valence-corrected chi connectivity index (χ1v) is 7.88. The maximum atomic E-state index is 12.5. The number of benzene rings is 1. The van der Waals surface area contributed by atoms with Crippen LogP contribution < -0.4 is 9.80 Å². The van der Waals surface area contributed by atoms with Gasteiger partial charge in [0.05, 0.1) is 0 Å². The van der Waals surface area contributed by atoms with Gasteiger partial charge >= 0.3 is 0 Å². The number of anilines is 2. The molecule has 0 radical (unpaired) electrons. The molecule has 3 rings (SSSR count). The van der Waals surface area contributed by atoms with Crippen LogP contribution in [0.2, 0.25) is 0 Å². The summed E-state index contributed by atoms with van der Waals surface area (Å²) in [5.74, 6) is 0.243. The molecule has 1 aliphatic rings. The Balaban J connectivity index is 1.96. The molecule has 2 aromatic rings. The van der Waals surface area contributed by atoms with Crippen LogP contribution in [0.5, 0.6) is 0 Å². The van der Waals surface area contributed by atoms with Gasteiger partial charge in [-0.2, -0.15) is 0 Å². The lowest BCUT2D eigenvalue weighted by Gasteiger charge is -2.33. The Morgan fingerprint density at radius 1 is 1.39 bits per heavy atom. The lowest BCUT2D eigenvalue weighted by Crippen LogP contribution is -2.36. The smallest absolute Gasteiger partial charge is 0.274 e. The van der Waals surface area contributed by atoms with E-state index >= 15 is 0 Å². The van der Waals surface area contributed by atoms with Crippen molar-refractivity contribution in [3.63, 3.8) is 0 Å². The number of carbonyl (C=O) groups is 2. The SMILES string of the molecule is CCN1C(=O)CC(C)c2cc(N(C)C(=O)c3ccc[nH]3)ccc21. The van der Waals surface area contributed by atoms with Crippen LogP contribution in [0.1, 0.15) is 42.2 Å². The monoisotopic (exact) mass is 311 g/mol. The first-order chi connectivity index (χ1) is 11.0. The molecule has 5 nitrogen and oxygen atoms in total. The summed E-state index contributed by atoms with van der Waals surface area (Å²) in [5.41, 5.74) is 3.47. The molecule has 0 aliphatic carbocycles. The number of carbonyl (C=O) groups excluding carboxylic acids is 2. The van der Waals surface area contributed by atoms with Crippen LogP contribution in [0.25, 0.3) is 0 Å². The largest absolute Gasteiger partial charge is 0.357 e. The third-order valence-corrected chi connectivity index (χ3v) is 4.45. The van der Waals surface area contributed by atoms with Gasteiger partial charge in [-0.1, -0.05) is 6.92 Å². The van der Waals surface area contributed by atoms with Crippen molar-refractivity contribution in [1.29, 1.82) is 0 Å². The van der Waals surface area contributed by atoms with E-state index in [0.29, 0.717) is 18.7 Å². The molecular formula is C18H21N3O2. The number of aromatic nitrogens is 1. The molecule has 0 bridgehead atoms. The minimum Gasteiger partial charge on any atom is -0.357 e. The van der Waals surface area contributed by atoms with Crippen molar-refractivity contribution >= 4 is 23.2 Å². The van der Waals surface area contributed by atoms with E-state index in [1.807, 2.05) is 30.0 Å². The van der Waals surface area contributed by atoms with Gasteiger partial charge in [0.2, 0.25) is 5.91 Å². The molecule has 1 aromatic heterocycles. The highest BCUT2D eigenvalue weighted by Crippen LogP contribution is 2.38. The van der Waals surface area contributed by atoms with Crippen molar-refractivity contribution in [3.8, 4) is 0 Å². The molecule has 5 heteroatoms. The molecule has 0 fully saturated rings. The van der Waals surface area contributed by atoms with Crippen LogP contribution in [-0.2, 0) is 4.79 Å². The van der Waals surface area contributed by atoms with E-state index in [-0.39, 0.29) is 17.7 Å². The van der Waals surface area contributed by atoms with Crippen LogP contribution in [0.4, 0.5) is 11.4 Å². The quantitative estimate of drug-likeness (QED) is 0.946. The number of amides is 2. The average molecular weight is 311 g/mol. The molecule has 2 heterocycles. The number of rotatable bonds is 3. The molecule has 1 aliphatic heterocycles. The molecule has 0 spiro atoms. The van der Waals surface area contributed by atoms with Crippen molar-refractivity contribution in [1.82, 2.24) is 4.98 Å². The number of nitrogens with one attached hydrogen (secondary N) is 1. The lowest BCUT2D eigenvalue weighted by atomic mass is 9.90. The summed E-state index contributed by atoms with van der Waals surface area (Å²) in [7, 11) is 1.77. The van der Waals surface area contributed by atoms with Crippen LogP contribution in [0.15, 0.2) is 36.5 Å². The van der Waals surface area contributed by atoms with E-state index in [1.165, 1.54) is 0 Å². The standard InChI is InChI=1S/C18H21N3O2/c1-4-21-16-8-7-13(11-14(16)12(2)10-17(21)22)20(3)18(23)15-6-5-9-19-15/h5-9,11-12,19H,4,10H2,1-3H3. The van der Waals surface area contributed by atoms with Gasteiger partial charge in [-0.15, -0.1) is 0 Å². The Labute approximate surface area is 135 Å². The van der Waals surface area contributed by atoms with Crippen LogP contribution >= 0.6 is 0 Å². The molecule has 2 amide bonds. The molecule has 1 unspecified atom stereocenters. The fourth-order valence-corrected chi connectivity index (χ4v) is 3.12. The zero-order chi connectivity index (χ0) is 16.6. The molecule has 1 atom stereocenters. The van der Waals surface area contributed by atoms with Gasteiger partial charge in [0.15, 0.2) is 0 Å². The predicted octanol–water partition coefficient (Wildman–Crippen LogP) is 3.15. The second-order valence-corrected chi connectivity index (χ2v) is 5.93. The van der Waals surface area contributed by atoms with Crippen LogP contribution in [0.3, 0.4) is 0 Å². The van der Waals surface area contributed by atoms with Crippen LogP contribution in [0, 0.1) is 0 Å². The highest BCUT2D eigenvalue weighted by atomic mass is 16.2. The number of hydrogen-bond donors (Lipinski definition) is 1. The second-order valence-electron chi connectivity index (χ2n) is 5.93. The highest BCUT2D eigenvalue weighted by molar-refractivity contribution is 6.05. The molecule has 0 saturated carbocycles. The summed E-state index contributed by atoms with van der Waals surface area (Å²) in [5, 5.41) is 0. The second kappa shape index (κ2) is 5.91. The fraction of sp³-hybridized carbons (Fsp3) is 0.333. The van der Waals surface area contributed by atoms with Crippen molar-refractivity contribution in [2.45, 2.75) is 26.2 Å². The minimum atomic E-state index is -0.0816. The maximum absolute atomic E-state index is 12.5. The topological polar surface area (TPSA) is 56.4 Å². The van der Waals surface area contributed by atoms with Crippen molar-refractivity contribution in [2.75, 3.05) is 23.4 Å². The third-order valence-electron chi connectivity index (χ3n) is 4.45. The van der Waals surface area contributed by atoms with Gasteiger partial charge in [0.1, 0.15) is 5.69 Å². The van der Waals surface area contributed by atoms with Gasteiger partial charge in [0, 0.05) is 37.6 Å². The molecular weight excluding hydrogens is 290 g/mol. The molecule has 120 valence electrons. The van der Waals surface area contributed by atoms with Gasteiger partial charge < -0.3 is 14.8 Å². The Morgan fingerprint density at radius 2 is 2.17 bits per heavy atom. The van der Waals surface area contributed by atoms with E-state index in [2.05, 4.69) is 11.9 Å². The zero-order valence-electron chi connectivity index (χ0n) is 13.7. The van der Waals surface area contributed by atoms with Gasteiger partial charge in [-0.25, -0.2) is 0 Å². The van der Waals surface area contributed by atoms with Crippen molar-refractivity contribution in [3.05, 3.63) is 47.8 Å². The summed E-state index contributed by atoms with van der Waals surface area (Å²) >= 11 is 0. The Morgan fingerprint density at radius 3 is 2.83 bits per heavy atom. The Kier molecular flexibility index (Phi) is 3.94. The van der Waals surface area contributed by atoms with Gasteiger partial charge in [-0.05, 0) is 48.7 Å². The highest BCUT2D eigenvalue weighted by Gasteiger charge is 2.28. The molecule has 1 N–H and O–H groups in total. The van der Waals surface area contributed by atoms with Gasteiger partial charge in [-0.3, -0.25) is 9.59 Å². The summed E-state index contributed by atoms with van der Waals surface area (Å²) in [6.45, 7) is 4.70. The fourth-order valence-electron chi connectivity index (χ4n) is 3.12. The Hall–Kier alpha value is -2.56.